The topological polar surface area (TPSA) is 46.6 Å². The molecule has 2 aromatic carbocycles. The molecule has 0 spiro atoms. The number of rotatable bonds is 5. The van der Waals surface area contributed by atoms with Crippen LogP contribution >= 0.6 is 0 Å². The van der Waals surface area contributed by atoms with Gasteiger partial charge >= 0.3 is 5.97 Å². The SMILES string of the molecule is CN(Cc1ccccc1F)C(=O)COC(=O)c1ccccc1F. The van der Waals surface area contributed by atoms with Crippen LogP contribution in [0, 0.1) is 11.6 Å². The lowest BCUT2D eigenvalue weighted by Gasteiger charge is -2.17. The van der Waals surface area contributed by atoms with E-state index < -0.39 is 30.1 Å². The molecule has 0 aliphatic heterocycles. The Morgan fingerprint density at radius 1 is 1.00 bits per heavy atom. The van der Waals surface area contributed by atoms with Crippen molar-refractivity contribution in [3.63, 3.8) is 0 Å². The Hall–Kier alpha value is -2.76. The van der Waals surface area contributed by atoms with E-state index in [1.165, 1.54) is 36.2 Å². The summed E-state index contributed by atoms with van der Waals surface area (Å²) in [5, 5.41) is 0. The summed E-state index contributed by atoms with van der Waals surface area (Å²) in [6, 6.07) is 11.4. The van der Waals surface area contributed by atoms with Crippen molar-refractivity contribution < 1.29 is 23.1 Å². The van der Waals surface area contributed by atoms with Gasteiger partial charge in [0.05, 0.1) is 5.56 Å². The van der Waals surface area contributed by atoms with Gasteiger partial charge in [0, 0.05) is 19.2 Å². The maximum Gasteiger partial charge on any atom is 0.341 e. The molecule has 0 unspecified atom stereocenters. The molecule has 0 N–H and O–H groups in total. The number of halogens is 2. The van der Waals surface area contributed by atoms with Crippen LogP contribution < -0.4 is 0 Å². The van der Waals surface area contributed by atoms with E-state index in [0.29, 0.717) is 5.56 Å². The highest BCUT2D eigenvalue weighted by Crippen LogP contribution is 2.10. The van der Waals surface area contributed by atoms with Crippen molar-refractivity contribution in [1.82, 2.24) is 4.90 Å². The minimum Gasteiger partial charge on any atom is -0.452 e. The molecule has 23 heavy (non-hydrogen) atoms. The third-order valence-corrected chi connectivity index (χ3v) is 3.21. The molecule has 0 saturated heterocycles. The lowest BCUT2D eigenvalue weighted by atomic mass is 10.2. The second kappa shape index (κ2) is 7.49. The molecule has 6 heteroatoms. The van der Waals surface area contributed by atoms with E-state index in [1.807, 2.05) is 0 Å². The summed E-state index contributed by atoms with van der Waals surface area (Å²) in [6.07, 6.45) is 0. The molecule has 0 fully saturated rings. The molecule has 0 heterocycles. The van der Waals surface area contributed by atoms with E-state index in [1.54, 1.807) is 18.2 Å². The summed E-state index contributed by atoms with van der Waals surface area (Å²) in [5.74, 6) is -2.58. The summed E-state index contributed by atoms with van der Waals surface area (Å²) in [7, 11) is 1.46. The molecule has 0 aliphatic carbocycles. The van der Waals surface area contributed by atoms with Gasteiger partial charge in [-0.05, 0) is 18.2 Å². The molecule has 0 bridgehead atoms. The predicted octanol–water partition coefficient (Wildman–Crippen LogP) is 2.78. The van der Waals surface area contributed by atoms with Crippen LogP contribution in [0.3, 0.4) is 0 Å². The van der Waals surface area contributed by atoms with Crippen LogP contribution in [0.15, 0.2) is 48.5 Å². The number of likely N-dealkylation sites (N-methyl/N-ethyl adjacent to an activating group) is 1. The molecule has 4 nitrogen and oxygen atoms in total. The molecule has 2 aromatic rings. The molecular formula is C17H15F2NO3. The van der Waals surface area contributed by atoms with Gasteiger partial charge in [0.2, 0.25) is 0 Å². The van der Waals surface area contributed by atoms with Gasteiger partial charge < -0.3 is 9.64 Å². The number of nitrogens with zero attached hydrogens (tertiary/aromatic N) is 1. The zero-order valence-corrected chi connectivity index (χ0v) is 12.5. The fourth-order valence-corrected chi connectivity index (χ4v) is 1.91. The van der Waals surface area contributed by atoms with Gasteiger partial charge in [0.15, 0.2) is 6.61 Å². The quantitative estimate of drug-likeness (QED) is 0.796. The van der Waals surface area contributed by atoms with Gasteiger partial charge in [-0.3, -0.25) is 4.79 Å². The lowest BCUT2D eigenvalue weighted by molar-refractivity contribution is -0.133. The summed E-state index contributed by atoms with van der Waals surface area (Å²) in [4.78, 5) is 24.9. The van der Waals surface area contributed by atoms with E-state index in [4.69, 9.17) is 4.74 Å². The standard InChI is InChI=1S/C17H15F2NO3/c1-20(10-12-6-2-4-8-14(12)18)16(21)11-23-17(22)13-7-3-5-9-15(13)19/h2-9H,10-11H2,1H3. The highest BCUT2D eigenvalue weighted by Gasteiger charge is 2.17. The number of hydrogen-bond donors (Lipinski definition) is 0. The van der Waals surface area contributed by atoms with Crippen molar-refractivity contribution >= 4 is 11.9 Å². The first kappa shape index (κ1) is 16.6. The van der Waals surface area contributed by atoms with Gasteiger partial charge in [-0.1, -0.05) is 30.3 Å². The summed E-state index contributed by atoms with van der Waals surface area (Å²) in [6.45, 7) is -0.499. The van der Waals surface area contributed by atoms with E-state index in [-0.39, 0.29) is 12.1 Å². The molecule has 0 aliphatic rings. The number of ether oxygens (including phenoxy) is 1. The van der Waals surface area contributed by atoms with E-state index in [9.17, 15) is 18.4 Å². The first-order valence-corrected chi connectivity index (χ1v) is 6.88. The van der Waals surface area contributed by atoms with Crippen LogP contribution in [0.1, 0.15) is 15.9 Å². The summed E-state index contributed by atoms with van der Waals surface area (Å²) in [5.41, 5.74) is 0.112. The monoisotopic (exact) mass is 319 g/mol. The highest BCUT2D eigenvalue weighted by molar-refractivity contribution is 5.91. The first-order valence-electron chi connectivity index (χ1n) is 6.88. The van der Waals surface area contributed by atoms with Crippen LogP contribution in [0.5, 0.6) is 0 Å². The molecule has 0 aromatic heterocycles. The van der Waals surface area contributed by atoms with Gasteiger partial charge in [0.25, 0.3) is 5.91 Å². The minimum absolute atomic E-state index is 0.0444. The molecule has 0 radical (unpaired) electrons. The number of esters is 1. The summed E-state index contributed by atoms with van der Waals surface area (Å²) < 4.78 is 31.7. The van der Waals surface area contributed by atoms with Crippen LogP contribution in [0.2, 0.25) is 0 Å². The average Bonchev–Trinajstić information content (AvgIpc) is 2.54. The summed E-state index contributed by atoms with van der Waals surface area (Å²) >= 11 is 0. The van der Waals surface area contributed by atoms with E-state index in [2.05, 4.69) is 0 Å². The fraction of sp³-hybridized carbons (Fsp3) is 0.176. The number of hydrogen-bond acceptors (Lipinski definition) is 3. The van der Waals surface area contributed by atoms with Crippen LogP contribution in [0.25, 0.3) is 0 Å². The Morgan fingerprint density at radius 2 is 1.61 bits per heavy atom. The number of benzene rings is 2. The molecule has 1 amide bonds. The van der Waals surface area contributed by atoms with Crippen LogP contribution in [0.4, 0.5) is 8.78 Å². The van der Waals surface area contributed by atoms with Gasteiger partial charge in [0.1, 0.15) is 11.6 Å². The van der Waals surface area contributed by atoms with Crippen molar-refractivity contribution in [1.29, 1.82) is 0 Å². The zero-order valence-electron chi connectivity index (χ0n) is 12.5. The van der Waals surface area contributed by atoms with Crippen molar-refractivity contribution in [3.05, 3.63) is 71.3 Å². The molecule has 0 saturated carbocycles. The van der Waals surface area contributed by atoms with Crippen LogP contribution in [-0.4, -0.2) is 30.4 Å². The highest BCUT2D eigenvalue weighted by atomic mass is 19.1. The van der Waals surface area contributed by atoms with Crippen molar-refractivity contribution in [2.24, 2.45) is 0 Å². The van der Waals surface area contributed by atoms with Crippen molar-refractivity contribution in [2.75, 3.05) is 13.7 Å². The molecular weight excluding hydrogens is 304 g/mol. The fourth-order valence-electron chi connectivity index (χ4n) is 1.91. The zero-order chi connectivity index (χ0) is 16.8. The van der Waals surface area contributed by atoms with Crippen molar-refractivity contribution in [3.8, 4) is 0 Å². The Balaban J connectivity index is 1.91. The number of amides is 1. The largest absolute Gasteiger partial charge is 0.452 e. The third kappa shape index (κ3) is 4.35. The van der Waals surface area contributed by atoms with E-state index in [0.717, 1.165) is 6.07 Å². The smallest absolute Gasteiger partial charge is 0.341 e. The van der Waals surface area contributed by atoms with Gasteiger partial charge in [-0.25, -0.2) is 13.6 Å². The Bertz CT molecular complexity index is 718. The van der Waals surface area contributed by atoms with Gasteiger partial charge in [-0.15, -0.1) is 0 Å². The molecule has 0 atom stereocenters. The second-order valence-corrected chi connectivity index (χ2v) is 4.90. The normalized spacial score (nSPS) is 10.2. The van der Waals surface area contributed by atoms with Crippen LogP contribution in [-0.2, 0) is 16.1 Å². The first-order chi connectivity index (χ1) is 11.0. The third-order valence-electron chi connectivity index (χ3n) is 3.21. The average molecular weight is 319 g/mol. The minimum atomic E-state index is -0.921. The molecule has 120 valence electrons. The predicted molar refractivity (Wildman–Crippen MR) is 79.6 cm³/mol. The second-order valence-electron chi connectivity index (χ2n) is 4.90. The van der Waals surface area contributed by atoms with E-state index >= 15 is 0 Å². The number of carbonyl (C=O) groups is 2. The molecule has 2 rings (SSSR count). The van der Waals surface area contributed by atoms with Crippen molar-refractivity contribution in [2.45, 2.75) is 6.54 Å². The Labute approximate surface area is 132 Å². The maximum absolute atomic E-state index is 13.5. The Kier molecular flexibility index (Phi) is 5.41. The lowest BCUT2D eigenvalue weighted by Crippen LogP contribution is -2.31. The number of carbonyl (C=O) groups excluding carboxylic acids is 2. The maximum atomic E-state index is 13.5. The Morgan fingerprint density at radius 3 is 2.26 bits per heavy atom. The van der Waals surface area contributed by atoms with Gasteiger partial charge in [-0.2, -0.15) is 0 Å².